The van der Waals surface area contributed by atoms with Gasteiger partial charge in [-0.2, -0.15) is 10.2 Å². The number of anilines is 2. The number of fused-ring (bicyclic) bond motifs is 1. The van der Waals surface area contributed by atoms with E-state index < -0.39 is 17.7 Å². The molecule has 0 bridgehead atoms. The Kier molecular flexibility index (Phi) is 5.00. The molecular weight excluding hydrogens is 401 g/mol. The van der Waals surface area contributed by atoms with Gasteiger partial charge < -0.3 is 10.2 Å². The molecule has 2 aliphatic heterocycles. The average Bonchev–Trinajstić information content (AvgIpc) is 2.67. The van der Waals surface area contributed by atoms with Gasteiger partial charge >= 0.3 is 0 Å². The van der Waals surface area contributed by atoms with Crippen molar-refractivity contribution in [2.24, 2.45) is 5.92 Å². The number of benzene rings is 1. The SMILES string of the molecule is N#C[C@@H]1C(=O)Nc2nc(N3CCCCC3)[nH]c(=O)c2[C@@H]1c1ccc(Cl)cc1Cl. The number of rotatable bonds is 2. The van der Waals surface area contributed by atoms with Gasteiger partial charge in [0.15, 0.2) is 0 Å². The van der Waals surface area contributed by atoms with E-state index in [4.69, 9.17) is 23.2 Å². The highest BCUT2D eigenvalue weighted by molar-refractivity contribution is 6.35. The molecule has 0 saturated carbocycles. The summed E-state index contributed by atoms with van der Waals surface area (Å²) in [7, 11) is 0. The maximum absolute atomic E-state index is 13.0. The van der Waals surface area contributed by atoms with Crippen molar-refractivity contribution in [1.82, 2.24) is 9.97 Å². The van der Waals surface area contributed by atoms with Gasteiger partial charge in [-0.25, -0.2) is 0 Å². The minimum absolute atomic E-state index is 0.178. The van der Waals surface area contributed by atoms with Crippen LogP contribution in [0.3, 0.4) is 0 Å². The summed E-state index contributed by atoms with van der Waals surface area (Å²) in [6.45, 7) is 1.59. The quantitative estimate of drug-likeness (QED) is 0.780. The van der Waals surface area contributed by atoms with Crippen LogP contribution in [0, 0.1) is 17.2 Å². The topological polar surface area (TPSA) is 102 Å². The van der Waals surface area contributed by atoms with Crippen LogP contribution in [0.25, 0.3) is 0 Å². The first-order valence-electron chi connectivity index (χ1n) is 9.04. The van der Waals surface area contributed by atoms with Crippen LogP contribution in [0.4, 0.5) is 11.8 Å². The molecule has 0 spiro atoms. The molecule has 144 valence electrons. The molecular formula is C19H17Cl2N5O2. The van der Waals surface area contributed by atoms with E-state index in [1.807, 2.05) is 11.0 Å². The Bertz CT molecular complexity index is 1040. The van der Waals surface area contributed by atoms with Crippen LogP contribution in [-0.4, -0.2) is 29.0 Å². The maximum Gasteiger partial charge on any atom is 0.258 e. The van der Waals surface area contributed by atoms with Crippen molar-refractivity contribution in [1.29, 1.82) is 5.26 Å². The van der Waals surface area contributed by atoms with E-state index in [1.165, 1.54) is 6.07 Å². The largest absolute Gasteiger partial charge is 0.342 e. The lowest BCUT2D eigenvalue weighted by molar-refractivity contribution is -0.119. The molecule has 2 atom stereocenters. The van der Waals surface area contributed by atoms with E-state index in [-0.39, 0.29) is 22.0 Å². The van der Waals surface area contributed by atoms with Gasteiger partial charge in [-0.1, -0.05) is 29.3 Å². The number of H-pyrrole nitrogens is 1. The zero-order valence-electron chi connectivity index (χ0n) is 14.8. The first-order chi connectivity index (χ1) is 13.5. The van der Waals surface area contributed by atoms with Gasteiger partial charge in [-0.3, -0.25) is 14.6 Å². The lowest BCUT2D eigenvalue weighted by Crippen LogP contribution is -2.40. The second kappa shape index (κ2) is 7.46. The molecule has 1 fully saturated rings. The molecule has 28 heavy (non-hydrogen) atoms. The second-order valence-corrected chi connectivity index (χ2v) is 7.78. The van der Waals surface area contributed by atoms with Gasteiger partial charge in [0.2, 0.25) is 11.9 Å². The molecule has 2 aliphatic rings. The molecule has 3 heterocycles. The van der Waals surface area contributed by atoms with Crippen LogP contribution in [0.2, 0.25) is 10.0 Å². The van der Waals surface area contributed by atoms with Crippen molar-refractivity contribution in [3.8, 4) is 6.07 Å². The average molecular weight is 418 g/mol. The van der Waals surface area contributed by atoms with Crippen molar-refractivity contribution in [2.45, 2.75) is 25.2 Å². The minimum atomic E-state index is -1.10. The van der Waals surface area contributed by atoms with Gasteiger partial charge in [0.25, 0.3) is 5.56 Å². The number of piperidine rings is 1. The highest BCUT2D eigenvalue weighted by Gasteiger charge is 2.41. The molecule has 9 heteroatoms. The monoisotopic (exact) mass is 417 g/mol. The predicted octanol–water partition coefficient (Wildman–Crippen LogP) is 3.29. The zero-order valence-corrected chi connectivity index (χ0v) is 16.3. The molecule has 2 N–H and O–H groups in total. The van der Waals surface area contributed by atoms with Gasteiger partial charge in [0.05, 0.1) is 11.6 Å². The summed E-state index contributed by atoms with van der Waals surface area (Å²) in [5, 5.41) is 12.9. The number of nitrogens with one attached hydrogen (secondary N) is 2. The number of nitriles is 1. The number of hydrogen-bond donors (Lipinski definition) is 2. The van der Waals surface area contributed by atoms with E-state index >= 15 is 0 Å². The second-order valence-electron chi connectivity index (χ2n) is 6.94. The smallest absolute Gasteiger partial charge is 0.258 e. The fraction of sp³-hybridized carbons (Fsp3) is 0.368. The summed E-state index contributed by atoms with van der Waals surface area (Å²) in [4.78, 5) is 34.9. The summed E-state index contributed by atoms with van der Waals surface area (Å²) >= 11 is 12.3. The third kappa shape index (κ3) is 3.23. The summed E-state index contributed by atoms with van der Waals surface area (Å²) in [6, 6.07) is 6.78. The van der Waals surface area contributed by atoms with Crippen LogP contribution >= 0.6 is 23.2 Å². The standard InChI is InChI=1S/C19H17Cl2N5O2/c20-10-4-5-11(13(21)8-10)14-12(9-22)17(27)23-16-15(14)18(28)25-19(24-16)26-6-2-1-3-7-26/h4-5,8,12,14H,1-3,6-7H2,(H2,23,24,25,27,28)/t12-,14+/m0/s1. The summed E-state index contributed by atoms with van der Waals surface area (Å²) in [5.74, 6) is -1.83. The molecule has 0 radical (unpaired) electrons. The van der Waals surface area contributed by atoms with E-state index in [9.17, 15) is 14.9 Å². The summed E-state index contributed by atoms with van der Waals surface area (Å²) in [5.41, 5.74) is 0.338. The van der Waals surface area contributed by atoms with Crippen LogP contribution in [-0.2, 0) is 4.79 Å². The number of carbonyl (C=O) groups is 1. The summed E-state index contributed by atoms with van der Waals surface area (Å²) in [6.07, 6.45) is 3.18. The molecule has 0 aliphatic carbocycles. The molecule has 1 aromatic carbocycles. The van der Waals surface area contributed by atoms with Crippen molar-refractivity contribution >= 4 is 40.9 Å². The van der Waals surface area contributed by atoms with Crippen LogP contribution in [0.5, 0.6) is 0 Å². The van der Waals surface area contributed by atoms with Crippen molar-refractivity contribution < 1.29 is 4.79 Å². The number of amides is 1. The Morgan fingerprint density at radius 1 is 1.18 bits per heavy atom. The highest BCUT2D eigenvalue weighted by atomic mass is 35.5. The fourth-order valence-electron chi connectivity index (χ4n) is 3.84. The number of hydrogen-bond acceptors (Lipinski definition) is 5. The lowest BCUT2D eigenvalue weighted by Gasteiger charge is -2.31. The van der Waals surface area contributed by atoms with Gasteiger partial charge in [0, 0.05) is 29.1 Å². The van der Waals surface area contributed by atoms with Crippen LogP contribution in [0.15, 0.2) is 23.0 Å². The van der Waals surface area contributed by atoms with E-state index in [1.54, 1.807) is 12.1 Å². The van der Waals surface area contributed by atoms with E-state index in [0.29, 0.717) is 16.5 Å². The highest BCUT2D eigenvalue weighted by Crippen LogP contribution is 2.41. The maximum atomic E-state index is 13.0. The third-order valence-corrected chi connectivity index (χ3v) is 5.77. The van der Waals surface area contributed by atoms with Gasteiger partial charge in [0.1, 0.15) is 11.7 Å². The zero-order chi connectivity index (χ0) is 19.8. The number of carbonyl (C=O) groups excluding carboxylic acids is 1. The first kappa shape index (κ1) is 18.8. The Hall–Kier alpha value is -2.56. The lowest BCUT2D eigenvalue weighted by atomic mass is 9.79. The molecule has 1 amide bonds. The number of aromatic nitrogens is 2. The Labute approximate surface area is 171 Å². The summed E-state index contributed by atoms with van der Waals surface area (Å²) < 4.78 is 0. The Morgan fingerprint density at radius 3 is 2.61 bits per heavy atom. The molecule has 1 saturated heterocycles. The van der Waals surface area contributed by atoms with Gasteiger partial charge in [-0.15, -0.1) is 0 Å². The minimum Gasteiger partial charge on any atom is -0.342 e. The Balaban J connectivity index is 1.87. The predicted molar refractivity (Wildman–Crippen MR) is 107 cm³/mol. The number of aromatic amines is 1. The van der Waals surface area contributed by atoms with Crippen molar-refractivity contribution in [3.63, 3.8) is 0 Å². The Morgan fingerprint density at radius 2 is 1.93 bits per heavy atom. The fourth-order valence-corrected chi connectivity index (χ4v) is 4.37. The molecule has 1 aromatic heterocycles. The van der Waals surface area contributed by atoms with Crippen molar-refractivity contribution in [2.75, 3.05) is 23.3 Å². The first-order valence-corrected chi connectivity index (χ1v) is 9.80. The molecule has 4 rings (SSSR count). The normalized spacial score (nSPS) is 21.6. The van der Waals surface area contributed by atoms with Gasteiger partial charge in [-0.05, 0) is 37.0 Å². The van der Waals surface area contributed by atoms with E-state index in [2.05, 4.69) is 15.3 Å². The van der Waals surface area contributed by atoms with Crippen LogP contribution in [0.1, 0.15) is 36.3 Å². The molecule has 7 nitrogen and oxygen atoms in total. The number of nitrogens with zero attached hydrogens (tertiary/aromatic N) is 3. The van der Waals surface area contributed by atoms with Crippen LogP contribution < -0.4 is 15.8 Å². The van der Waals surface area contributed by atoms with Crippen molar-refractivity contribution in [3.05, 3.63) is 49.7 Å². The van der Waals surface area contributed by atoms with E-state index in [0.717, 1.165) is 32.4 Å². The third-order valence-electron chi connectivity index (χ3n) is 5.20. The number of halogens is 2. The molecule has 0 unspecified atom stereocenters. The molecule has 2 aromatic rings.